The van der Waals surface area contributed by atoms with Crippen LogP contribution in [0.25, 0.3) is 5.65 Å². The lowest BCUT2D eigenvalue weighted by molar-refractivity contribution is 0.137. The predicted molar refractivity (Wildman–Crippen MR) is 88.3 cm³/mol. The summed E-state index contributed by atoms with van der Waals surface area (Å²) in [7, 11) is 0. The van der Waals surface area contributed by atoms with Crippen LogP contribution >= 0.6 is 0 Å². The second-order valence-corrected chi connectivity index (χ2v) is 5.78. The zero-order valence-electron chi connectivity index (χ0n) is 13.3. The molecule has 3 aromatic rings. The first-order chi connectivity index (χ1) is 12.1. The second-order valence-electron chi connectivity index (χ2n) is 5.78. The zero-order chi connectivity index (χ0) is 17.4. The van der Waals surface area contributed by atoms with Gasteiger partial charge >= 0.3 is 0 Å². The van der Waals surface area contributed by atoms with Crippen LogP contribution in [0.1, 0.15) is 12.2 Å². The van der Waals surface area contributed by atoms with Crippen molar-refractivity contribution in [1.29, 1.82) is 0 Å². The number of hydrogen-bond acceptors (Lipinski definition) is 6. The average Bonchev–Trinajstić information content (AvgIpc) is 3.06. The van der Waals surface area contributed by atoms with Crippen LogP contribution in [0, 0.1) is 0 Å². The van der Waals surface area contributed by atoms with Gasteiger partial charge in [0.05, 0.1) is 5.69 Å². The summed E-state index contributed by atoms with van der Waals surface area (Å²) in [5.41, 5.74) is 1.09. The summed E-state index contributed by atoms with van der Waals surface area (Å²) in [6, 6.07) is 10.6. The minimum atomic E-state index is -2.73. The molecule has 25 heavy (non-hydrogen) atoms. The van der Waals surface area contributed by atoms with Crippen molar-refractivity contribution in [3.63, 3.8) is 0 Å². The second kappa shape index (κ2) is 6.15. The Morgan fingerprint density at radius 1 is 0.920 bits per heavy atom. The van der Waals surface area contributed by atoms with Crippen molar-refractivity contribution < 1.29 is 13.9 Å². The fourth-order valence-corrected chi connectivity index (χ4v) is 3.01. The Morgan fingerprint density at radius 2 is 1.64 bits per heavy atom. The van der Waals surface area contributed by atoms with Crippen molar-refractivity contribution in [2.24, 2.45) is 0 Å². The molecule has 2 aromatic heterocycles. The molecule has 1 N–H and O–H groups in total. The third-order valence-corrected chi connectivity index (χ3v) is 4.29. The Bertz CT molecular complexity index is 891. The molecule has 0 spiro atoms. The Labute approximate surface area is 142 Å². The highest BCUT2D eigenvalue weighted by atomic mass is 19.3. The van der Waals surface area contributed by atoms with Crippen LogP contribution in [-0.2, 0) is 0 Å². The number of piperazine rings is 1. The molecule has 0 aliphatic carbocycles. The lowest BCUT2D eigenvalue weighted by Gasteiger charge is -2.36. The van der Waals surface area contributed by atoms with E-state index in [2.05, 4.69) is 20.2 Å². The van der Waals surface area contributed by atoms with Crippen LogP contribution in [0.2, 0.25) is 0 Å². The molecule has 1 fully saturated rings. The number of aromatic hydroxyl groups is 1. The third kappa shape index (κ3) is 2.81. The monoisotopic (exact) mass is 346 g/mol. The fraction of sp³-hybridized carbons (Fsp3) is 0.312. The Balaban J connectivity index is 1.53. The van der Waals surface area contributed by atoms with E-state index in [4.69, 9.17) is 0 Å². The largest absolute Gasteiger partial charge is 0.506 e. The Morgan fingerprint density at radius 3 is 2.36 bits per heavy atom. The summed E-state index contributed by atoms with van der Waals surface area (Å²) in [6.07, 6.45) is -2.73. The van der Waals surface area contributed by atoms with Crippen molar-refractivity contribution >= 4 is 17.2 Å². The van der Waals surface area contributed by atoms with Gasteiger partial charge in [0.2, 0.25) is 5.82 Å². The standard InChI is InChI=1S/C16H16F2N6O/c17-15(18)16-20-19-13-5-6-14(21-24(13)16)23-9-7-22(8-10-23)11-3-1-2-4-12(11)25/h1-6,15,25H,7-10H2. The van der Waals surface area contributed by atoms with E-state index in [1.165, 1.54) is 0 Å². The predicted octanol–water partition coefficient (Wildman–Crippen LogP) is 2.09. The lowest BCUT2D eigenvalue weighted by atomic mass is 10.2. The number of alkyl halides is 2. The van der Waals surface area contributed by atoms with E-state index in [1.54, 1.807) is 24.3 Å². The summed E-state index contributed by atoms with van der Waals surface area (Å²) in [5.74, 6) is 0.400. The molecular formula is C16H16F2N6O. The normalized spacial score (nSPS) is 15.3. The zero-order valence-corrected chi connectivity index (χ0v) is 13.3. The molecule has 0 bridgehead atoms. The smallest absolute Gasteiger partial charge is 0.299 e. The average molecular weight is 346 g/mol. The summed E-state index contributed by atoms with van der Waals surface area (Å²) >= 11 is 0. The molecule has 7 nitrogen and oxygen atoms in total. The number of phenolic OH excluding ortho intramolecular Hbond substituents is 1. The molecule has 0 radical (unpaired) electrons. The molecule has 0 saturated carbocycles. The van der Waals surface area contributed by atoms with E-state index in [1.807, 2.05) is 17.0 Å². The highest BCUT2D eigenvalue weighted by molar-refractivity contribution is 5.59. The maximum absolute atomic E-state index is 13.0. The van der Waals surface area contributed by atoms with E-state index in [-0.39, 0.29) is 5.75 Å². The van der Waals surface area contributed by atoms with Gasteiger partial charge < -0.3 is 14.9 Å². The Hall–Kier alpha value is -2.97. The van der Waals surface area contributed by atoms with Crippen LogP contribution in [0.3, 0.4) is 0 Å². The van der Waals surface area contributed by atoms with E-state index >= 15 is 0 Å². The molecule has 0 amide bonds. The maximum Gasteiger partial charge on any atom is 0.299 e. The van der Waals surface area contributed by atoms with E-state index in [9.17, 15) is 13.9 Å². The summed E-state index contributed by atoms with van der Waals surface area (Å²) in [5, 5.41) is 21.4. The summed E-state index contributed by atoms with van der Waals surface area (Å²) < 4.78 is 27.0. The van der Waals surface area contributed by atoms with Gasteiger partial charge in [-0.25, -0.2) is 8.78 Å². The molecule has 4 rings (SSSR count). The Kier molecular flexibility index (Phi) is 3.83. The maximum atomic E-state index is 13.0. The number of para-hydroxylation sites is 2. The number of phenols is 1. The highest BCUT2D eigenvalue weighted by Gasteiger charge is 2.22. The van der Waals surface area contributed by atoms with Gasteiger partial charge in [0.25, 0.3) is 6.43 Å². The van der Waals surface area contributed by atoms with Crippen LogP contribution < -0.4 is 9.80 Å². The van der Waals surface area contributed by atoms with Gasteiger partial charge in [0, 0.05) is 26.2 Å². The molecule has 0 atom stereocenters. The minimum Gasteiger partial charge on any atom is -0.506 e. The molecule has 0 unspecified atom stereocenters. The fourth-order valence-electron chi connectivity index (χ4n) is 3.01. The molecule has 3 heterocycles. The van der Waals surface area contributed by atoms with Crippen molar-refractivity contribution in [2.45, 2.75) is 6.43 Å². The van der Waals surface area contributed by atoms with Crippen LogP contribution in [0.4, 0.5) is 20.3 Å². The topological polar surface area (TPSA) is 69.8 Å². The molecule has 1 aliphatic rings. The molecule has 1 saturated heterocycles. The van der Waals surface area contributed by atoms with Crippen LogP contribution in [-0.4, -0.2) is 51.1 Å². The summed E-state index contributed by atoms with van der Waals surface area (Å²) in [6.45, 7) is 2.72. The van der Waals surface area contributed by atoms with Gasteiger partial charge in [0.1, 0.15) is 11.6 Å². The molecule has 9 heteroatoms. The van der Waals surface area contributed by atoms with Gasteiger partial charge in [-0.1, -0.05) is 12.1 Å². The number of halogens is 2. The van der Waals surface area contributed by atoms with E-state index < -0.39 is 12.2 Å². The quantitative estimate of drug-likeness (QED) is 0.783. The van der Waals surface area contributed by atoms with Gasteiger partial charge in [0.15, 0.2) is 5.65 Å². The number of aromatic nitrogens is 4. The summed E-state index contributed by atoms with van der Waals surface area (Å²) in [4.78, 5) is 4.11. The number of hydrogen-bond donors (Lipinski definition) is 1. The van der Waals surface area contributed by atoms with Crippen molar-refractivity contribution in [3.05, 3.63) is 42.2 Å². The van der Waals surface area contributed by atoms with Gasteiger partial charge in [-0.3, -0.25) is 0 Å². The van der Waals surface area contributed by atoms with Crippen molar-refractivity contribution in [1.82, 2.24) is 19.8 Å². The number of fused-ring (bicyclic) bond motifs is 1. The number of benzene rings is 1. The van der Waals surface area contributed by atoms with Gasteiger partial charge in [-0.05, 0) is 24.3 Å². The highest BCUT2D eigenvalue weighted by Crippen LogP contribution is 2.28. The number of nitrogens with zero attached hydrogens (tertiary/aromatic N) is 6. The minimum absolute atomic E-state index is 0.251. The van der Waals surface area contributed by atoms with E-state index in [0.717, 1.165) is 10.2 Å². The molecule has 1 aromatic carbocycles. The first-order valence-corrected chi connectivity index (χ1v) is 7.92. The van der Waals surface area contributed by atoms with Crippen LogP contribution in [0.5, 0.6) is 5.75 Å². The molecule has 1 aliphatic heterocycles. The third-order valence-electron chi connectivity index (χ3n) is 4.29. The van der Waals surface area contributed by atoms with Gasteiger partial charge in [-0.15, -0.1) is 15.3 Å². The molecule has 130 valence electrons. The number of anilines is 2. The SMILES string of the molecule is Oc1ccccc1N1CCN(c2ccc3nnc(C(F)F)n3n2)CC1. The van der Waals surface area contributed by atoms with Crippen molar-refractivity contribution in [3.8, 4) is 5.75 Å². The first kappa shape index (κ1) is 15.6. The lowest BCUT2D eigenvalue weighted by Crippen LogP contribution is -2.47. The number of rotatable bonds is 3. The van der Waals surface area contributed by atoms with Crippen molar-refractivity contribution in [2.75, 3.05) is 36.0 Å². The molecular weight excluding hydrogens is 330 g/mol. The first-order valence-electron chi connectivity index (χ1n) is 7.92. The van der Waals surface area contributed by atoms with E-state index in [0.29, 0.717) is 37.6 Å². The van der Waals surface area contributed by atoms with Crippen LogP contribution in [0.15, 0.2) is 36.4 Å². The van der Waals surface area contributed by atoms with Gasteiger partial charge in [-0.2, -0.15) is 4.52 Å².